The molecular formula is C16H20FNO2. The summed E-state index contributed by atoms with van der Waals surface area (Å²) in [5.41, 5.74) is 0.328. The summed E-state index contributed by atoms with van der Waals surface area (Å²) < 4.78 is 25.4. The lowest BCUT2D eigenvalue weighted by atomic mass is 10.0. The summed E-state index contributed by atoms with van der Waals surface area (Å²) in [7, 11) is 1.89. The number of nitrogens with one attached hydrogen (secondary N) is 1. The Hall–Kier alpha value is -1.39. The van der Waals surface area contributed by atoms with Crippen LogP contribution in [0.3, 0.4) is 0 Å². The number of benzene rings is 1. The molecule has 1 heterocycles. The number of rotatable bonds is 6. The average molecular weight is 277 g/mol. The fourth-order valence-corrected chi connectivity index (χ4v) is 2.79. The van der Waals surface area contributed by atoms with Gasteiger partial charge in [0.15, 0.2) is 11.4 Å². The van der Waals surface area contributed by atoms with Crippen LogP contribution in [0.25, 0.3) is 11.0 Å². The molecule has 108 valence electrons. The third-order valence-corrected chi connectivity index (χ3v) is 3.91. The van der Waals surface area contributed by atoms with Crippen molar-refractivity contribution in [1.82, 2.24) is 5.32 Å². The van der Waals surface area contributed by atoms with E-state index in [-0.39, 0.29) is 18.0 Å². The van der Waals surface area contributed by atoms with Crippen LogP contribution in [0.4, 0.5) is 4.39 Å². The Labute approximate surface area is 118 Å². The topological polar surface area (TPSA) is 34.4 Å². The summed E-state index contributed by atoms with van der Waals surface area (Å²) in [5.74, 6) is 1.01. The Balaban J connectivity index is 1.95. The van der Waals surface area contributed by atoms with Gasteiger partial charge in [0.1, 0.15) is 5.76 Å². The molecule has 0 bridgehead atoms. The Bertz CT molecular complexity index is 591. The van der Waals surface area contributed by atoms with Crippen molar-refractivity contribution in [3.63, 3.8) is 0 Å². The van der Waals surface area contributed by atoms with E-state index in [1.54, 1.807) is 6.07 Å². The maximum absolute atomic E-state index is 13.7. The van der Waals surface area contributed by atoms with Crippen LogP contribution in [0.2, 0.25) is 0 Å². The molecule has 0 aliphatic heterocycles. The molecule has 1 N–H and O–H groups in total. The second-order valence-electron chi connectivity index (χ2n) is 5.33. The Morgan fingerprint density at radius 2 is 2.25 bits per heavy atom. The normalized spacial score (nSPS) is 18.4. The van der Waals surface area contributed by atoms with E-state index in [4.69, 9.17) is 9.15 Å². The Kier molecular flexibility index (Phi) is 3.76. The van der Waals surface area contributed by atoms with Gasteiger partial charge in [0.05, 0.1) is 12.1 Å². The van der Waals surface area contributed by atoms with Crippen molar-refractivity contribution in [3.8, 4) is 0 Å². The van der Waals surface area contributed by atoms with Gasteiger partial charge in [-0.3, -0.25) is 0 Å². The Morgan fingerprint density at radius 1 is 1.45 bits per heavy atom. The zero-order chi connectivity index (χ0) is 14.1. The van der Waals surface area contributed by atoms with E-state index in [0.717, 1.165) is 11.1 Å². The van der Waals surface area contributed by atoms with Crippen LogP contribution < -0.4 is 5.32 Å². The molecule has 0 saturated heterocycles. The van der Waals surface area contributed by atoms with Gasteiger partial charge >= 0.3 is 0 Å². The van der Waals surface area contributed by atoms with Crippen LogP contribution in [0, 0.1) is 11.7 Å². The first-order chi connectivity index (χ1) is 9.74. The summed E-state index contributed by atoms with van der Waals surface area (Å²) in [4.78, 5) is 0. The van der Waals surface area contributed by atoms with Crippen LogP contribution in [0.15, 0.2) is 28.7 Å². The number of ether oxygens (including phenoxy) is 1. The fourth-order valence-electron chi connectivity index (χ4n) is 2.79. The molecule has 0 amide bonds. The summed E-state index contributed by atoms with van der Waals surface area (Å²) in [5, 5.41) is 4.06. The monoisotopic (exact) mass is 277 g/mol. The smallest absolute Gasteiger partial charge is 0.169 e. The lowest BCUT2D eigenvalue weighted by Crippen LogP contribution is -2.33. The number of hydrogen-bond acceptors (Lipinski definition) is 3. The Morgan fingerprint density at radius 3 is 2.85 bits per heavy atom. The molecule has 2 unspecified atom stereocenters. The SMILES string of the molecule is CCOC(C1CC1)C(NC)c1cc2cccc(F)c2o1. The number of likely N-dealkylation sites (N-methyl/N-ethyl adjacent to an activating group) is 1. The summed E-state index contributed by atoms with van der Waals surface area (Å²) >= 11 is 0. The maximum atomic E-state index is 13.7. The van der Waals surface area contributed by atoms with Crippen molar-refractivity contribution in [2.75, 3.05) is 13.7 Å². The molecule has 3 rings (SSSR count). The minimum atomic E-state index is -0.317. The molecule has 0 spiro atoms. The molecule has 1 aliphatic rings. The molecule has 2 atom stereocenters. The van der Waals surface area contributed by atoms with Crippen LogP contribution in [-0.4, -0.2) is 19.8 Å². The quantitative estimate of drug-likeness (QED) is 0.875. The third kappa shape index (κ3) is 2.45. The minimum Gasteiger partial charge on any atom is -0.456 e. The molecule has 1 aromatic carbocycles. The first-order valence-electron chi connectivity index (χ1n) is 7.21. The van der Waals surface area contributed by atoms with E-state index < -0.39 is 0 Å². The first-order valence-corrected chi connectivity index (χ1v) is 7.21. The molecule has 1 aromatic heterocycles. The van der Waals surface area contributed by atoms with E-state index in [0.29, 0.717) is 18.1 Å². The highest BCUT2D eigenvalue weighted by molar-refractivity contribution is 5.78. The summed E-state index contributed by atoms with van der Waals surface area (Å²) in [6.07, 6.45) is 2.48. The first kappa shape index (κ1) is 13.6. The lowest BCUT2D eigenvalue weighted by molar-refractivity contribution is 0.0155. The highest BCUT2D eigenvalue weighted by Gasteiger charge is 2.38. The number of hydrogen-bond donors (Lipinski definition) is 1. The van der Waals surface area contributed by atoms with E-state index in [1.807, 2.05) is 26.1 Å². The molecule has 4 heteroatoms. The van der Waals surface area contributed by atoms with Crippen molar-refractivity contribution in [2.24, 2.45) is 5.92 Å². The van der Waals surface area contributed by atoms with Crippen molar-refractivity contribution in [3.05, 3.63) is 35.8 Å². The van der Waals surface area contributed by atoms with Gasteiger partial charge in [-0.2, -0.15) is 0 Å². The molecule has 3 nitrogen and oxygen atoms in total. The van der Waals surface area contributed by atoms with E-state index in [1.165, 1.54) is 18.9 Å². The largest absolute Gasteiger partial charge is 0.456 e. The van der Waals surface area contributed by atoms with Crippen LogP contribution in [0.5, 0.6) is 0 Å². The highest BCUT2D eigenvalue weighted by Crippen LogP contribution is 2.41. The number of fused-ring (bicyclic) bond motifs is 1. The number of para-hydroxylation sites is 1. The minimum absolute atomic E-state index is 0.0331. The van der Waals surface area contributed by atoms with Gasteiger partial charge in [-0.1, -0.05) is 12.1 Å². The van der Waals surface area contributed by atoms with Crippen molar-refractivity contribution in [2.45, 2.75) is 31.9 Å². The third-order valence-electron chi connectivity index (χ3n) is 3.91. The van der Waals surface area contributed by atoms with Gasteiger partial charge in [-0.25, -0.2) is 4.39 Å². The maximum Gasteiger partial charge on any atom is 0.169 e. The average Bonchev–Trinajstić information content (AvgIpc) is 3.19. The molecule has 1 aliphatic carbocycles. The van der Waals surface area contributed by atoms with Gasteiger partial charge in [-0.05, 0) is 44.9 Å². The van der Waals surface area contributed by atoms with Gasteiger partial charge < -0.3 is 14.5 Å². The van der Waals surface area contributed by atoms with E-state index in [2.05, 4.69) is 5.32 Å². The van der Waals surface area contributed by atoms with Gasteiger partial charge in [0.2, 0.25) is 0 Å². The second-order valence-corrected chi connectivity index (χ2v) is 5.33. The van der Waals surface area contributed by atoms with Crippen molar-refractivity contribution < 1.29 is 13.5 Å². The van der Waals surface area contributed by atoms with Crippen molar-refractivity contribution >= 4 is 11.0 Å². The zero-order valence-corrected chi connectivity index (χ0v) is 11.9. The molecule has 20 heavy (non-hydrogen) atoms. The van der Waals surface area contributed by atoms with Crippen LogP contribution >= 0.6 is 0 Å². The standard InChI is InChI=1S/C16H20FNO2/c1-3-19-16(10-7-8-10)14(18-2)13-9-11-5-4-6-12(17)15(11)20-13/h4-6,9-10,14,16,18H,3,7-8H2,1-2H3. The fraction of sp³-hybridized carbons (Fsp3) is 0.500. The van der Waals surface area contributed by atoms with E-state index >= 15 is 0 Å². The predicted octanol–water partition coefficient (Wildman–Crippen LogP) is 3.65. The summed E-state index contributed by atoms with van der Waals surface area (Å²) in [6, 6.07) is 6.87. The van der Waals surface area contributed by atoms with Gasteiger partial charge in [0, 0.05) is 12.0 Å². The zero-order valence-electron chi connectivity index (χ0n) is 11.9. The second kappa shape index (κ2) is 5.54. The highest BCUT2D eigenvalue weighted by atomic mass is 19.1. The van der Waals surface area contributed by atoms with Gasteiger partial charge in [0.25, 0.3) is 0 Å². The number of halogens is 1. The molecule has 2 aromatic rings. The molecule has 0 radical (unpaired) electrons. The van der Waals surface area contributed by atoms with Crippen LogP contribution in [-0.2, 0) is 4.74 Å². The molecule has 1 saturated carbocycles. The van der Waals surface area contributed by atoms with Gasteiger partial charge in [-0.15, -0.1) is 0 Å². The molecule has 1 fully saturated rings. The molecular weight excluding hydrogens is 257 g/mol. The van der Waals surface area contributed by atoms with Crippen LogP contribution in [0.1, 0.15) is 31.6 Å². The van der Waals surface area contributed by atoms with Crippen molar-refractivity contribution in [1.29, 1.82) is 0 Å². The number of furan rings is 1. The summed E-state index contributed by atoms with van der Waals surface area (Å²) in [6.45, 7) is 2.67. The lowest BCUT2D eigenvalue weighted by Gasteiger charge is -2.25. The van der Waals surface area contributed by atoms with E-state index in [9.17, 15) is 4.39 Å². The predicted molar refractivity (Wildman–Crippen MR) is 76.1 cm³/mol.